The number of phenols is 2. The van der Waals surface area contributed by atoms with E-state index in [1.165, 1.54) is 39.9 Å². The molecular weight excluding hydrogens is 1630 g/mol. The second kappa shape index (κ2) is 46.8. The maximum Gasteiger partial charge on any atom is 0.384 e. The number of hydrogen-bond acceptors (Lipinski definition) is 12. The van der Waals surface area contributed by atoms with Crippen molar-refractivity contribution in [2.24, 2.45) is 28.6 Å². The number of ether oxygens (including phenoxy) is 5. The van der Waals surface area contributed by atoms with Gasteiger partial charge in [0, 0.05) is 43.0 Å². The minimum atomic E-state index is -7.20. The Balaban J connectivity index is -0.00000176. The first kappa shape index (κ1) is 115. The Morgan fingerprint density at radius 3 is 0.907 bits per heavy atom. The van der Waals surface area contributed by atoms with Crippen LogP contribution in [0.4, 0.5) is 106 Å². The van der Waals surface area contributed by atoms with Crippen LogP contribution in [0.3, 0.4) is 0 Å². The van der Waals surface area contributed by atoms with Crippen LogP contribution in [0.15, 0.2) is 54.6 Å². The van der Waals surface area contributed by atoms with Crippen molar-refractivity contribution < 1.29 is 164 Å². The van der Waals surface area contributed by atoms with Crippen molar-refractivity contribution in [3.05, 3.63) is 93.5 Å². The monoisotopic (exact) mass is 1750 g/mol. The maximum atomic E-state index is 15.1. The first-order valence-electron chi connectivity index (χ1n) is 37.7. The molecule has 3 rings (SSSR count). The smallest absolute Gasteiger partial charge is 0.384 e. The molecule has 3 aromatic rings. The predicted octanol–water partition coefficient (Wildman–Crippen LogP) is 25.4. The summed E-state index contributed by atoms with van der Waals surface area (Å²) < 4.78 is 334. The highest BCUT2D eigenvalue weighted by Crippen LogP contribution is 2.59. The van der Waals surface area contributed by atoms with Crippen LogP contribution in [0.25, 0.3) is 0 Å². The highest BCUT2D eigenvalue weighted by molar-refractivity contribution is 5.76. The highest BCUT2D eigenvalue weighted by Gasteiger charge is 2.85. The Hall–Kier alpha value is -7.07. The third-order valence-corrected chi connectivity index (χ3v) is 19.8. The molecule has 0 heterocycles. The third kappa shape index (κ3) is 31.4. The van der Waals surface area contributed by atoms with Crippen LogP contribution in [0.5, 0.6) is 11.5 Å². The van der Waals surface area contributed by atoms with Gasteiger partial charge >= 0.3 is 90.1 Å². The van der Waals surface area contributed by atoms with Gasteiger partial charge in [-0.05, 0) is 158 Å². The summed E-state index contributed by atoms with van der Waals surface area (Å²) in [6.07, 6.45) is -14.2. The molecule has 2 N–H and O–H groups in total. The molecule has 0 aliphatic heterocycles. The standard InChI is InChI=1S/C33H46F10O5.C32H44F10O5.C10H14.C7H14O2.2F2/c1-10-29(8,9)26(46)48-16-14-20(30(36,37)32(40,41)33(42,43)31(38,39)25(34)35)13-15-47-23(44)12-11-19-17-21(27(2,3)4)24(45)22(18-19)28(5,6)7;1-9-18(2)25(45)47-15-13-20(29(35,36)31(39,40)32(41,42)30(37,38)26(33)34)12-14-46-23(43)11-10-19-16-21(27(3,4)5)24(44)22(17-19)28(6,7)8;1-3-9(2)10-7-5-4-6-8-10;1-5-7(2,3)6(8)9-4;2*1-2/h17-18,20,25,45H,10-16H2,1-9H3;16-18,20,26,44H,9-15H2,1-8H3;4-9H,3H2,1-2H3;5H2,1-4H3;;. The lowest BCUT2D eigenvalue weighted by Gasteiger charge is -2.39. The number of aryl methyl sites for hydroxylation is 2. The largest absolute Gasteiger partial charge is 0.507 e. The number of carbonyl (C=O) groups is 5. The third-order valence-electron chi connectivity index (χ3n) is 19.8. The molecule has 0 saturated carbocycles. The minimum Gasteiger partial charge on any atom is -0.507 e. The number of hydrogen-bond donors (Lipinski definition) is 2. The molecular formula is C82H118F24O12. The molecule has 0 aromatic heterocycles. The molecule has 0 amide bonds. The molecule has 12 nitrogen and oxygen atoms in total. The highest BCUT2D eigenvalue weighted by atomic mass is 20.0. The predicted molar refractivity (Wildman–Crippen MR) is 398 cm³/mol. The van der Waals surface area contributed by atoms with Crippen molar-refractivity contribution in [2.75, 3.05) is 33.5 Å². The van der Waals surface area contributed by atoms with E-state index < -0.39 is 181 Å². The van der Waals surface area contributed by atoms with Gasteiger partial charge < -0.3 is 33.9 Å². The SMILES string of the molecule is CCC(C)(C)C(=O)OC.CCC(C)(C)C(=O)OCCC(CCOC(=O)CCc1cc(C(C)(C)C)c(O)c(C(C)(C)C)c1)C(F)(F)C(F)(F)C(F)(F)C(F)(F)C(F)F.CCC(C)C(=O)OCCC(CCOC(=O)CCc1cc(C(C)(C)C)c(O)c(C(C)(C)C)c1)C(F)(F)C(F)(F)C(F)(F)C(F)(F)C(F)F.CCC(C)c1ccccc1.FF.FF. The van der Waals surface area contributed by atoms with E-state index in [0.29, 0.717) is 39.3 Å². The molecule has 0 aliphatic carbocycles. The first-order chi connectivity index (χ1) is 53.3. The Bertz CT molecular complexity index is 3460. The quantitative estimate of drug-likeness (QED) is 0.0321. The van der Waals surface area contributed by atoms with Crippen LogP contribution >= 0.6 is 0 Å². The van der Waals surface area contributed by atoms with Crippen molar-refractivity contribution in [3.63, 3.8) is 0 Å². The molecule has 0 fully saturated rings. The fraction of sp³-hybridized carbons (Fsp3) is 0.720. The number of methoxy groups -OCH3 is 1. The van der Waals surface area contributed by atoms with E-state index in [9.17, 15) is 113 Å². The molecule has 118 heavy (non-hydrogen) atoms. The van der Waals surface area contributed by atoms with E-state index in [1.807, 2.05) is 104 Å². The molecule has 4 unspecified atom stereocenters. The molecule has 3 aromatic carbocycles. The lowest BCUT2D eigenvalue weighted by atomic mass is 9.78. The minimum absolute atomic E-state index is 0.0288. The molecule has 36 heteroatoms. The lowest BCUT2D eigenvalue weighted by Crippen LogP contribution is -2.66. The maximum absolute atomic E-state index is 15.1. The van der Waals surface area contributed by atoms with Gasteiger partial charge in [-0.1, -0.05) is 179 Å². The summed E-state index contributed by atoms with van der Waals surface area (Å²) in [7, 11) is 1.42. The molecule has 0 aliphatic rings. The van der Waals surface area contributed by atoms with Crippen LogP contribution in [-0.4, -0.2) is 134 Å². The van der Waals surface area contributed by atoms with E-state index in [1.54, 1.807) is 38.1 Å². The van der Waals surface area contributed by atoms with E-state index >= 15 is 8.78 Å². The summed E-state index contributed by atoms with van der Waals surface area (Å²) in [5.41, 5.74) is 1.53. The summed E-state index contributed by atoms with van der Waals surface area (Å²) in [5, 5.41) is 21.7. The van der Waals surface area contributed by atoms with Gasteiger partial charge in [-0.15, -0.1) is 0 Å². The van der Waals surface area contributed by atoms with Crippen molar-refractivity contribution in [3.8, 4) is 11.5 Å². The topological polar surface area (TPSA) is 172 Å². The number of carbonyl (C=O) groups excluding carboxylic acids is 5. The van der Waals surface area contributed by atoms with Gasteiger partial charge in [0.2, 0.25) is 0 Å². The van der Waals surface area contributed by atoms with Gasteiger partial charge in [0.25, 0.3) is 0 Å². The van der Waals surface area contributed by atoms with Gasteiger partial charge in [0.15, 0.2) is 0 Å². The zero-order valence-electron chi connectivity index (χ0n) is 71.0. The van der Waals surface area contributed by atoms with Gasteiger partial charge in [0.05, 0.1) is 50.3 Å². The molecule has 4 atom stereocenters. The second-order valence-corrected chi connectivity index (χ2v) is 33.8. The van der Waals surface area contributed by atoms with E-state index in [2.05, 4.69) is 48.9 Å². The first-order valence-corrected chi connectivity index (χ1v) is 37.7. The number of alkyl halides is 20. The molecule has 0 saturated heterocycles. The summed E-state index contributed by atoms with van der Waals surface area (Å²) >= 11 is 0. The zero-order chi connectivity index (χ0) is 93.8. The van der Waals surface area contributed by atoms with E-state index in [0.717, 1.165) is 6.42 Å². The summed E-state index contributed by atoms with van der Waals surface area (Å²) in [5.74, 6) is -64.1. The molecule has 0 bridgehead atoms. The van der Waals surface area contributed by atoms with Crippen molar-refractivity contribution in [1.82, 2.24) is 0 Å². The number of aromatic hydroxyl groups is 2. The number of phenolic OH excluding ortho intramolecular Hbond substituents is 2. The number of esters is 5. The molecule has 0 radical (unpaired) electrons. The average Bonchev–Trinajstić information content (AvgIpc) is 0.731. The van der Waals surface area contributed by atoms with Crippen LogP contribution in [0, 0.1) is 28.6 Å². The number of benzene rings is 3. The van der Waals surface area contributed by atoms with Crippen molar-refractivity contribution in [1.29, 1.82) is 0 Å². The summed E-state index contributed by atoms with van der Waals surface area (Å²) in [4.78, 5) is 59.9. The van der Waals surface area contributed by atoms with Crippen LogP contribution in [-0.2, 0) is 82.2 Å². The lowest BCUT2D eigenvalue weighted by molar-refractivity contribution is -0.392. The van der Waals surface area contributed by atoms with Crippen LogP contribution in [0.1, 0.15) is 261 Å². The van der Waals surface area contributed by atoms with E-state index in [-0.39, 0.29) is 61.4 Å². The van der Waals surface area contributed by atoms with E-state index in [4.69, 9.17) is 37.2 Å². The Labute approximate surface area is 676 Å². The Morgan fingerprint density at radius 1 is 0.390 bits per heavy atom. The summed E-state index contributed by atoms with van der Waals surface area (Å²) in [6.45, 7) is 35.6. The molecule has 0 spiro atoms. The van der Waals surface area contributed by atoms with Crippen LogP contribution < -0.4 is 0 Å². The molecule has 686 valence electrons. The average molecular weight is 1750 g/mol. The van der Waals surface area contributed by atoms with Gasteiger partial charge in [-0.2, -0.15) is 70.2 Å². The zero-order valence-corrected chi connectivity index (χ0v) is 71.0. The Morgan fingerprint density at radius 2 is 0.661 bits per heavy atom. The number of halogens is 24. The Kier molecular flexibility index (Phi) is 45.7. The normalized spacial score (nSPS) is 14.0. The fourth-order valence-corrected chi connectivity index (χ4v) is 10.6. The van der Waals surface area contributed by atoms with Gasteiger partial charge in [0.1, 0.15) is 11.5 Å². The van der Waals surface area contributed by atoms with Crippen molar-refractivity contribution >= 4 is 29.8 Å². The van der Waals surface area contributed by atoms with Crippen molar-refractivity contribution in [2.45, 2.75) is 317 Å². The number of rotatable bonds is 36. The van der Waals surface area contributed by atoms with Crippen LogP contribution in [0.2, 0.25) is 0 Å². The van der Waals surface area contributed by atoms with Gasteiger partial charge in [-0.3, -0.25) is 24.0 Å². The fourth-order valence-electron chi connectivity index (χ4n) is 10.6. The van der Waals surface area contributed by atoms with Gasteiger partial charge in [-0.25, -0.2) is 17.6 Å². The summed E-state index contributed by atoms with van der Waals surface area (Å²) in [6, 6.07) is 17.3. The second-order valence-electron chi connectivity index (χ2n) is 33.8.